The molecule has 1 heterocycles. The largest absolute Gasteiger partial charge is 0.492 e. The maximum atomic E-state index is 13.3. The van der Waals surface area contributed by atoms with Crippen LogP contribution in [0.3, 0.4) is 0 Å². The number of methoxy groups -OCH3 is 3. The lowest BCUT2D eigenvalue weighted by atomic mass is 9.86. The van der Waals surface area contributed by atoms with Crippen molar-refractivity contribution in [2.75, 3.05) is 37.3 Å². The zero-order valence-electron chi connectivity index (χ0n) is 24.2. The zero-order chi connectivity index (χ0) is 30.4. The number of fused-ring (bicyclic) bond motifs is 1. The highest BCUT2D eigenvalue weighted by Gasteiger charge is 2.22. The maximum absolute atomic E-state index is 13.3. The first-order valence-electron chi connectivity index (χ1n) is 12.9. The van der Waals surface area contributed by atoms with Crippen molar-refractivity contribution in [2.45, 2.75) is 26.2 Å². The van der Waals surface area contributed by atoms with Gasteiger partial charge in [-0.1, -0.05) is 45.0 Å². The predicted molar refractivity (Wildman–Crippen MR) is 160 cm³/mol. The van der Waals surface area contributed by atoms with Crippen LogP contribution in [0.2, 0.25) is 0 Å². The van der Waals surface area contributed by atoms with E-state index in [1.54, 1.807) is 30.3 Å². The molecule has 3 aromatic carbocycles. The fourth-order valence-corrected chi connectivity index (χ4v) is 4.19. The smallest absolute Gasteiger partial charge is 0.411 e. The molecule has 42 heavy (non-hydrogen) atoms. The Kier molecular flexibility index (Phi) is 8.80. The summed E-state index contributed by atoms with van der Waals surface area (Å²) in [6.07, 6.45) is 0.788. The number of carbonyl (C=O) groups excluding carboxylic acids is 3. The second-order valence-corrected chi connectivity index (χ2v) is 10.2. The van der Waals surface area contributed by atoms with Gasteiger partial charge < -0.3 is 29.6 Å². The molecule has 3 amide bonds. The van der Waals surface area contributed by atoms with Crippen LogP contribution < -0.4 is 25.4 Å². The summed E-state index contributed by atoms with van der Waals surface area (Å²) < 4.78 is 21.1. The Labute approximate surface area is 243 Å². The van der Waals surface area contributed by atoms with E-state index in [-0.39, 0.29) is 16.9 Å². The lowest BCUT2D eigenvalue weighted by Crippen LogP contribution is -2.22. The summed E-state index contributed by atoms with van der Waals surface area (Å²) in [6, 6.07) is 17.0. The van der Waals surface area contributed by atoms with Crippen molar-refractivity contribution < 1.29 is 33.3 Å². The van der Waals surface area contributed by atoms with E-state index in [1.165, 1.54) is 33.6 Å². The van der Waals surface area contributed by atoms with Crippen molar-refractivity contribution >= 4 is 45.9 Å². The highest BCUT2D eigenvalue weighted by molar-refractivity contribution is 6.08. The number of benzene rings is 3. The Morgan fingerprint density at radius 2 is 1.43 bits per heavy atom. The number of aromatic nitrogens is 1. The summed E-state index contributed by atoms with van der Waals surface area (Å²) in [5.74, 6) is 0.599. The van der Waals surface area contributed by atoms with E-state index in [9.17, 15) is 14.4 Å². The van der Waals surface area contributed by atoms with Gasteiger partial charge in [-0.3, -0.25) is 5.32 Å². The van der Waals surface area contributed by atoms with Crippen LogP contribution in [-0.2, 0) is 14.9 Å². The molecule has 11 nitrogen and oxygen atoms in total. The van der Waals surface area contributed by atoms with E-state index in [1.807, 2.05) is 45.0 Å². The van der Waals surface area contributed by atoms with Gasteiger partial charge in [0.15, 0.2) is 11.4 Å². The fourth-order valence-electron chi connectivity index (χ4n) is 4.19. The average Bonchev–Trinajstić information content (AvgIpc) is 2.97. The minimum Gasteiger partial charge on any atom is -0.492 e. The molecule has 0 aliphatic rings. The van der Waals surface area contributed by atoms with Crippen molar-refractivity contribution in [3.8, 4) is 17.2 Å². The molecular weight excluding hydrogens is 540 g/mol. The van der Waals surface area contributed by atoms with Crippen LogP contribution in [0.25, 0.3) is 10.8 Å². The number of urea groups is 1. The summed E-state index contributed by atoms with van der Waals surface area (Å²) >= 11 is 0. The van der Waals surface area contributed by atoms with Gasteiger partial charge in [-0.15, -0.1) is 0 Å². The summed E-state index contributed by atoms with van der Waals surface area (Å²) in [5.41, 5.74) is 1.90. The maximum Gasteiger partial charge on any atom is 0.411 e. The number of nitrogens with zero attached hydrogens (tertiary/aromatic N) is 1. The molecule has 1 aromatic heterocycles. The van der Waals surface area contributed by atoms with Crippen LogP contribution in [0.4, 0.5) is 26.7 Å². The Balaban J connectivity index is 1.63. The van der Waals surface area contributed by atoms with Gasteiger partial charge in [0.05, 0.1) is 38.4 Å². The van der Waals surface area contributed by atoms with Gasteiger partial charge in [0.25, 0.3) is 0 Å². The van der Waals surface area contributed by atoms with Gasteiger partial charge in [0, 0.05) is 23.0 Å². The number of rotatable bonds is 7. The summed E-state index contributed by atoms with van der Waals surface area (Å²) in [6.45, 7) is 6.04. The van der Waals surface area contributed by atoms with E-state index in [4.69, 9.17) is 18.9 Å². The minimum absolute atomic E-state index is 0.116. The number of hydrogen-bond donors (Lipinski definition) is 3. The number of anilines is 3. The first-order chi connectivity index (χ1) is 20.0. The van der Waals surface area contributed by atoms with Gasteiger partial charge in [0.1, 0.15) is 11.5 Å². The SMILES string of the molecule is COC(=O)Nc1cc(C(C)(C)C)cc(NC(=O)Nc2ccc(Oc3ccnc(C(=O)OC)c3)c3ccccc23)c1OC. The topological polar surface area (TPSA) is 137 Å². The van der Waals surface area contributed by atoms with Crippen molar-refractivity contribution in [1.29, 1.82) is 0 Å². The number of esters is 1. The number of nitrogens with one attached hydrogen (secondary N) is 3. The Bertz CT molecular complexity index is 1650. The number of carbonyl (C=O) groups is 3. The molecule has 0 radical (unpaired) electrons. The third-order valence-corrected chi connectivity index (χ3v) is 6.32. The molecule has 4 aromatic rings. The molecule has 0 bridgehead atoms. The van der Waals surface area contributed by atoms with Crippen molar-refractivity contribution in [3.63, 3.8) is 0 Å². The quantitative estimate of drug-likeness (QED) is 0.203. The normalized spacial score (nSPS) is 10.9. The summed E-state index contributed by atoms with van der Waals surface area (Å²) in [7, 11) is 3.99. The molecule has 11 heteroatoms. The second kappa shape index (κ2) is 12.5. The van der Waals surface area contributed by atoms with E-state index in [2.05, 4.69) is 20.9 Å². The van der Waals surface area contributed by atoms with E-state index < -0.39 is 18.1 Å². The molecule has 0 aliphatic carbocycles. The van der Waals surface area contributed by atoms with E-state index in [0.717, 1.165) is 16.3 Å². The van der Waals surface area contributed by atoms with Crippen LogP contribution in [0.5, 0.6) is 17.2 Å². The Morgan fingerprint density at radius 3 is 2.07 bits per heavy atom. The van der Waals surface area contributed by atoms with Crippen LogP contribution in [0, 0.1) is 0 Å². The van der Waals surface area contributed by atoms with Crippen LogP contribution in [0.15, 0.2) is 66.9 Å². The van der Waals surface area contributed by atoms with Gasteiger partial charge in [-0.25, -0.2) is 19.4 Å². The molecule has 0 fully saturated rings. The number of pyridine rings is 1. The van der Waals surface area contributed by atoms with Gasteiger partial charge in [-0.05, 0) is 41.3 Å². The Morgan fingerprint density at radius 1 is 0.762 bits per heavy atom. The van der Waals surface area contributed by atoms with Gasteiger partial charge in [0.2, 0.25) is 0 Å². The molecule has 4 rings (SSSR count). The third-order valence-electron chi connectivity index (χ3n) is 6.32. The second-order valence-electron chi connectivity index (χ2n) is 10.2. The number of hydrogen-bond acceptors (Lipinski definition) is 8. The minimum atomic E-state index is -0.670. The van der Waals surface area contributed by atoms with E-state index >= 15 is 0 Å². The van der Waals surface area contributed by atoms with Gasteiger partial charge in [-0.2, -0.15) is 0 Å². The molecular formula is C31H32N4O7. The molecule has 218 valence electrons. The molecule has 0 aliphatic heterocycles. The molecule has 0 saturated heterocycles. The van der Waals surface area contributed by atoms with Crippen LogP contribution in [0.1, 0.15) is 36.8 Å². The van der Waals surface area contributed by atoms with Crippen LogP contribution >= 0.6 is 0 Å². The van der Waals surface area contributed by atoms with Crippen LogP contribution in [-0.4, -0.2) is 44.4 Å². The molecule has 0 unspecified atom stereocenters. The highest BCUT2D eigenvalue weighted by Crippen LogP contribution is 2.39. The monoisotopic (exact) mass is 572 g/mol. The average molecular weight is 573 g/mol. The lowest BCUT2D eigenvalue weighted by Gasteiger charge is -2.24. The number of amides is 3. The molecule has 0 atom stereocenters. The Hall–Kier alpha value is -5.32. The van der Waals surface area contributed by atoms with Gasteiger partial charge >= 0.3 is 18.1 Å². The fraction of sp³-hybridized carbons (Fsp3) is 0.226. The first kappa shape index (κ1) is 29.7. The highest BCUT2D eigenvalue weighted by atomic mass is 16.5. The van der Waals surface area contributed by atoms with Crippen molar-refractivity contribution in [3.05, 3.63) is 78.1 Å². The standard InChI is InChI=1S/C31H32N4O7/c1-31(2,3)18-15-23(27(39-4)24(16-18)35-30(38)41-6)34-29(37)33-22-11-12-26(21-10-8-7-9-20(21)22)42-19-13-14-32-25(17-19)28(36)40-5/h7-17H,1-6H3,(H,35,38)(H2,33,34,37). The number of ether oxygens (including phenoxy) is 4. The molecule has 0 saturated carbocycles. The zero-order valence-corrected chi connectivity index (χ0v) is 24.2. The van der Waals surface area contributed by atoms with Crippen molar-refractivity contribution in [1.82, 2.24) is 4.98 Å². The lowest BCUT2D eigenvalue weighted by molar-refractivity contribution is 0.0593. The predicted octanol–water partition coefficient (Wildman–Crippen LogP) is 6.94. The summed E-state index contributed by atoms with van der Waals surface area (Å²) in [4.78, 5) is 41.2. The van der Waals surface area contributed by atoms with E-state index in [0.29, 0.717) is 28.6 Å². The first-order valence-corrected chi connectivity index (χ1v) is 12.9. The third kappa shape index (κ3) is 6.69. The molecule has 0 spiro atoms. The van der Waals surface area contributed by atoms with Crippen molar-refractivity contribution in [2.24, 2.45) is 0 Å². The molecule has 3 N–H and O–H groups in total. The summed E-state index contributed by atoms with van der Waals surface area (Å²) in [5, 5.41) is 9.83.